The Bertz CT molecular complexity index is 742. The van der Waals surface area contributed by atoms with Gasteiger partial charge in [0.25, 0.3) is 0 Å². The van der Waals surface area contributed by atoms with E-state index in [1.54, 1.807) is 6.92 Å². The fraction of sp³-hybridized carbons (Fsp3) is 0.450. The Balaban J connectivity index is 1.82. The van der Waals surface area contributed by atoms with Crippen LogP contribution in [0.25, 0.3) is 0 Å². The summed E-state index contributed by atoms with van der Waals surface area (Å²) in [5.74, 6) is 2.63. The molecule has 1 aromatic heterocycles. The Kier molecular flexibility index (Phi) is 5.31. The summed E-state index contributed by atoms with van der Waals surface area (Å²) >= 11 is 0. The van der Waals surface area contributed by atoms with Crippen molar-refractivity contribution in [1.29, 1.82) is 0 Å². The quantitative estimate of drug-likeness (QED) is 0.813. The van der Waals surface area contributed by atoms with E-state index in [1.165, 1.54) is 19.3 Å². The summed E-state index contributed by atoms with van der Waals surface area (Å²) in [6.45, 7) is 6.80. The van der Waals surface area contributed by atoms with Crippen molar-refractivity contribution in [3.8, 4) is 0 Å². The number of aromatic nitrogens is 2. The molecule has 1 N–H and O–H groups in total. The minimum atomic E-state index is 0.0717. The van der Waals surface area contributed by atoms with Gasteiger partial charge in [-0.2, -0.15) is 0 Å². The zero-order chi connectivity index (χ0) is 17.8. The monoisotopic (exact) mass is 338 g/mol. The number of piperidine rings is 1. The summed E-state index contributed by atoms with van der Waals surface area (Å²) in [6.07, 6.45) is 4.88. The number of anilines is 3. The van der Waals surface area contributed by atoms with Crippen molar-refractivity contribution < 1.29 is 4.79 Å². The Hall–Kier alpha value is -2.43. The fourth-order valence-electron chi connectivity index (χ4n) is 3.43. The number of hydrogen-bond donors (Lipinski definition) is 1. The van der Waals surface area contributed by atoms with Gasteiger partial charge in [-0.15, -0.1) is 0 Å². The van der Waals surface area contributed by atoms with Crippen LogP contribution in [0.4, 0.5) is 17.3 Å². The lowest BCUT2D eigenvalue weighted by Gasteiger charge is -2.36. The van der Waals surface area contributed by atoms with Crippen LogP contribution in [0.2, 0.25) is 0 Å². The van der Waals surface area contributed by atoms with Crippen molar-refractivity contribution in [2.75, 3.05) is 16.8 Å². The Morgan fingerprint density at radius 2 is 2.00 bits per heavy atom. The first-order valence-electron chi connectivity index (χ1n) is 9.07. The molecule has 1 aliphatic rings. The molecule has 0 bridgehead atoms. The predicted molar refractivity (Wildman–Crippen MR) is 102 cm³/mol. The molecule has 1 fully saturated rings. The molecule has 25 heavy (non-hydrogen) atoms. The highest BCUT2D eigenvalue weighted by Gasteiger charge is 2.22. The van der Waals surface area contributed by atoms with Crippen LogP contribution in [-0.4, -0.2) is 28.3 Å². The van der Waals surface area contributed by atoms with E-state index in [2.05, 4.69) is 27.1 Å². The SMILES string of the molecule is CCC1CCCCN1c1cc(Nc2ccc(C(C)=O)cc2)nc(C)n1. The minimum Gasteiger partial charge on any atom is -0.353 e. The molecule has 0 aliphatic carbocycles. The van der Waals surface area contributed by atoms with Crippen LogP contribution >= 0.6 is 0 Å². The molecule has 1 aromatic carbocycles. The average Bonchev–Trinajstić information content (AvgIpc) is 2.61. The van der Waals surface area contributed by atoms with E-state index in [0.717, 1.165) is 36.1 Å². The summed E-state index contributed by atoms with van der Waals surface area (Å²) in [5, 5.41) is 3.33. The average molecular weight is 338 g/mol. The first-order valence-corrected chi connectivity index (χ1v) is 9.07. The van der Waals surface area contributed by atoms with E-state index >= 15 is 0 Å². The molecule has 1 saturated heterocycles. The molecule has 1 aliphatic heterocycles. The summed E-state index contributed by atoms with van der Waals surface area (Å²) in [5.41, 5.74) is 1.63. The second kappa shape index (κ2) is 7.64. The first-order chi connectivity index (χ1) is 12.1. The maximum Gasteiger partial charge on any atom is 0.159 e. The van der Waals surface area contributed by atoms with Gasteiger partial charge in [0.05, 0.1) is 0 Å². The van der Waals surface area contributed by atoms with Gasteiger partial charge in [-0.1, -0.05) is 6.92 Å². The van der Waals surface area contributed by atoms with Gasteiger partial charge in [0.15, 0.2) is 5.78 Å². The second-order valence-electron chi connectivity index (χ2n) is 6.67. The Morgan fingerprint density at radius 3 is 2.68 bits per heavy atom. The summed E-state index contributed by atoms with van der Waals surface area (Å²) in [6, 6.07) is 10.1. The van der Waals surface area contributed by atoms with Gasteiger partial charge < -0.3 is 10.2 Å². The van der Waals surface area contributed by atoms with Crippen LogP contribution in [0.15, 0.2) is 30.3 Å². The van der Waals surface area contributed by atoms with Crippen molar-refractivity contribution in [1.82, 2.24) is 9.97 Å². The number of Topliss-reactive ketones (excluding diaryl/α,β-unsaturated/α-hetero) is 1. The lowest BCUT2D eigenvalue weighted by atomic mass is 10.00. The molecule has 0 saturated carbocycles. The zero-order valence-corrected chi connectivity index (χ0v) is 15.2. The highest BCUT2D eigenvalue weighted by molar-refractivity contribution is 5.94. The van der Waals surface area contributed by atoms with Gasteiger partial charge in [-0.05, 0) is 63.8 Å². The third-order valence-corrected chi connectivity index (χ3v) is 4.78. The van der Waals surface area contributed by atoms with E-state index in [4.69, 9.17) is 0 Å². The van der Waals surface area contributed by atoms with Crippen molar-refractivity contribution >= 4 is 23.1 Å². The fourth-order valence-corrected chi connectivity index (χ4v) is 3.43. The Labute approximate surface area is 149 Å². The van der Waals surface area contributed by atoms with Gasteiger partial charge in [0.1, 0.15) is 17.5 Å². The molecule has 5 nitrogen and oxygen atoms in total. The van der Waals surface area contributed by atoms with Crippen molar-refractivity contribution in [2.45, 2.75) is 52.5 Å². The Morgan fingerprint density at radius 1 is 1.24 bits per heavy atom. The molecule has 1 unspecified atom stereocenters. The number of aryl methyl sites for hydroxylation is 1. The molecule has 2 heterocycles. The van der Waals surface area contributed by atoms with Crippen molar-refractivity contribution in [3.05, 3.63) is 41.7 Å². The van der Waals surface area contributed by atoms with Crippen LogP contribution < -0.4 is 10.2 Å². The predicted octanol–water partition coefficient (Wildman–Crippen LogP) is 4.50. The summed E-state index contributed by atoms with van der Waals surface area (Å²) in [4.78, 5) is 23.0. The van der Waals surface area contributed by atoms with Gasteiger partial charge >= 0.3 is 0 Å². The third-order valence-electron chi connectivity index (χ3n) is 4.78. The number of nitrogens with zero attached hydrogens (tertiary/aromatic N) is 3. The first kappa shape index (κ1) is 17.4. The number of benzene rings is 1. The topological polar surface area (TPSA) is 58.1 Å². The standard InChI is InChI=1S/C20H26N4O/c1-4-18-7-5-6-12-24(18)20-13-19(21-15(3)22-20)23-17-10-8-16(9-11-17)14(2)25/h8-11,13,18H,4-7,12H2,1-3H3,(H,21,22,23). The number of carbonyl (C=O) groups excluding carboxylic acids is 1. The third kappa shape index (κ3) is 4.16. The van der Waals surface area contributed by atoms with E-state index in [9.17, 15) is 4.79 Å². The largest absolute Gasteiger partial charge is 0.353 e. The van der Waals surface area contributed by atoms with Crippen LogP contribution in [0.3, 0.4) is 0 Å². The lowest BCUT2D eigenvalue weighted by Crippen LogP contribution is -2.39. The number of hydrogen-bond acceptors (Lipinski definition) is 5. The van der Waals surface area contributed by atoms with Gasteiger partial charge in [-0.25, -0.2) is 9.97 Å². The molecular weight excluding hydrogens is 312 g/mol. The van der Waals surface area contributed by atoms with Crippen LogP contribution in [0.5, 0.6) is 0 Å². The highest BCUT2D eigenvalue weighted by atomic mass is 16.1. The molecule has 3 rings (SSSR count). The molecule has 132 valence electrons. The molecular formula is C20H26N4O. The number of carbonyl (C=O) groups is 1. The zero-order valence-electron chi connectivity index (χ0n) is 15.2. The van der Waals surface area contributed by atoms with Crippen molar-refractivity contribution in [2.24, 2.45) is 0 Å². The maximum absolute atomic E-state index is 11.4. The number of nitrogens with one attached hydrogen (secondary N) is 1. The summed E-state index contributed by atoms with van der Waals surface area (Å²) in [7, 11) is 0. The number of ketones is 1. The minimum absolute atomic E-state index is 0.0717. The molecule has 0 spiro atoms. The molecule has 0 radical (unpaired) electrons. The van der Waals surface area contributed by atoms with Crippen molar-refractivity contribution in [3.63, 3.8) is 0 Å². The van der Waals surface area contributed by atoms with E-state index < -0.39 is 0 Å². The number of rotatable bonds is 5. The maximum atomic E-state index is 11.4. The molecule has 2 aromatic rings. The van der Waals surface area contributed by atoms with Crippen LogP contribution in [0.1, 0.15) is 55.7 Å². The lowest BCUT2D eigenvalue weighted by molar-refractivity contribution is 0.101. The smallest absolute Gasteiger partial charge is 0.159 e. The highest BCUT2D eigenvalue weighted by Crippen LogP contribution is 2.27. The van der Waals surface area contributed by atoms with E-state index in [1.807, 2.05) is 37.3 Å². The van der Waals surface area contributed by atoms with Gasteiger partial charge in [0.2, 0.25) is 0 Å². The molecule has 5 heteroatoms. The van der Waals surface area contributed by atoms with E-state index in [0.29, 0.717) is 11.6 Å². The normalized spacial score (nSPS) is 17.4. The van der Waals surface area contributed by atoms with Crippen LogP contribution in [-0.2, 0) is 0 Å². The second-order valence-corrected chi connectivity index (χ2v) is 6.67. The van der Waals surface area contributed by atoms with Gasteiger partial charge in [-0.3, -0.25) is 4.79 Å². The molecule has 1 atom stereocenters. The summed E-state index contributed by atoms with van der Waals surface area (Å²) < 4.78 is 0. The van der Waals surface area contributed by atoms with Crippen LogP contribution in [0, 0.1) is 6.92 Å². The van der Waals surface area contributed by atoms with Gasteiger partial charge in [0, 0.05) is 29.9 Å². The van der Waals surface area contributed by atoms with E-state index in [-0.39, 0.29) is 5.78 Å². The molecule has 0 amide bonds.